The van der Waals surface area contributed by atoms with Crippen LogP contribution in [0.1, 0.15) is 18.4 Å². The van der Waals surface area contributed by atoms with E-state index in [9.17, 15) is 9.59 Å². The summed E-state index contributed by atoms with van der Waals surface area (Å²) < 4.78 is 7.76. The fraction of sp³-hybridized carbons (Fsp3) is 0.304. The molecule has 1 aliphatic heterocycles. The molecule has 1 unspecified atom stereocenters. The van der Waals surface area contributed by atoms with Crippen LogP contribution in [-0.4, -0.2) is 45.2 Å². The second-order valence-corrected chi connectivity index (χ2v) is 8.94. The largest absolute Gasteiger partial charge is 0.376 e. The van der Waals surface area contributed by atoms with Crippen molar-refractivity contribution in [3.8, 4) is 11.4 Å². The van der Waals surface area contributed by atoms with Gasteiger partial charge in [0.1, 0.15) is 0 Å². The van der Waals surface area contributed by atoms with Crippen molar-refractivity contribution in [3.63, 3.8) is 0 Å². The molecule has 8 nitrogen and oxygen atoms in total. The van der Waals surface area contributed by atoms with Crippen LogP contribution in [0.3, 0.4) is 0 Å². The number of hydrogen-bond acceptors (Lipinski definition) is 6. The SMILES string of the molecule is O=C(CSc1nnc(-c2ccc(Cl)cc2)n1CC1CCCO1)NC(=O)NCc1ccccc1. The van der Waals surface area contributed by atoms with Crippen LogP contribution in [-0.2, 0) is 22.6 Å². The molecule has 1 atom stereocenters. The van der Waals surface area contributed by atoms with Crippen LogP contribution in [0.2, 0.25) is 5.02 Å². The molecule has 0 aliphatic carbocycles. The van der Waals surface area contributed by atoms with Gasteiger partial charge in [0.25, 0.3) is 0 Å². The predicted octanol–water partition coefficient (Wildman–Crippen LogP) is 3.90. The summed E-state index contributed by atoms with van der Waals surface area (Å²) in [5.74, 6) is 0.305. The molecule has 3 amide bonds. The van der Waals surface area contributed by atoms with Crippen molar-refractivity contribution in [3.05, 3.63) is 65.2 Å². The van der Waals surface area contributed by atoms with Crippen molar-refractivity contribution in [2.45, 2.75) is 37.2 Å². The zero-order valence-corrected chi connectivity index (χ0v) is 19.4. The van der Waals surface area contributed by atoms with Crippen molar-refractivity contribution < 1.29 is 14.3 Å². The van der Waals surface area contributed by atoms with Crippen molar-refractivity contribution in [2.24, 2.45) is 0 Å². The van der Waals surface area contributed by atoms with Gasteiger partial charge < -0.3 is 10.1 Å². The van der Waals surface area contributed by atoms with E-state index in [1.54, 1.807) is 12.1 Å². The summed E-state index contributed by atoms with van der Waals surface area (Å²) in [5, 5.41) is 14.9. The monoisotopic (exact) mass is 485 g/mol. The van der Waals surface area contributed by atoms with Gasteiger partial charge in [-0.2, -0.15) is 0 Å². The molecule has 1 fully saturated rings. The minimum Gasteiger partial charge on any atom is -0.376 e. The predicted molar refractivity (Wildman–Crippen MR) is 127 cm³/mol. The summed E-state index contributed by atoms with van der Waals surface area (Å²) in [5.41, 5.74) is 1.83. The number of carbonyl (C=O) groups excluding carboxylic acids is 2. The van der Waals surface area contributed by atoms with E-state index in [1.807, 2.05) is 47.0 Å². The molecule has 0 spiro atoms. The third-order valence-electron chi connectivity index (χ3n) is 5.11. The molecular weight excluding hydrogens is 462 g/mol. The maximum absolute atomic E-state index is 12.3. The van der Waals surface area contributed by atoms with Crippen molar-refractivity contribution in [1.82, 2.24) is 25.4 Å². The Kier molecular flexibility index (Phi) is 7.98. The van der Waals surface area contributed by atoms with Gasteiger partial charge in [-0.25, -0.2) is 4.79 Å². The Morgan fingerprint density at radius 1 is 1.12 bits per heavy atom. The Bertz CT molecular complexity index is 1090. The standard InChI is InChI=1S/C23H24ClN5O3S/c24-18-10-8-17(9-11-18)21-27-28-23(29(21)14-19-7-4-12-32-19)33-15-20(30)26-22(31)25-13-16-5-2-1-3-6-16/h1-3,5-6,8-11,19H,4,7,12-15H2,(H2,25,26,30,31). The van der Waals surface area contributed by atoms with Gasteiger partial charge in [-0.1, -0.05) is 53.7 Å². The maximum Gasteiger partial charge on any atom is 0.321 e. The third kappa shape index (κ3) is 6.56. The van der Waals surface area contributed by atoms with Gasteiger partial charge in [0.2, 0.25) is 5.91 Å². The van der Waals surface area contributed by atoms with Gasteiger partial charge in [-0.3, -0.25) is 14.7 Å². The van der Waals surface area contributed by atoms with Crippen LogP contribution in [0.5, 0.6) is 0 Å². The summed E-state index contributed by atoms with van der Waals surface area (Å²) in [6.07, 6.45) is 2.06. The summed E-state index contributed by atoms with van der Waals surface area (Å²) in [4.78, 5) is 24.4. The highest BCUT2D eigenvalue weighted by Crippen LogP contribution is 2.27. The molecule has 1 aliphatic rings. The van der Waals surface area contributed by atoms with Gasteiger partial charge in [-0.15, -0.1) is 10.2 Å². The van der Waals surface area contributed by atoms with Gasteiger partial charge in [0, 0.05) is 23.7 Å². The molecule has 172 valence electrons. The Labute approximate surface area is 201 Å². The fourth-order valence-corrected chi connectivity index (χ4v) is 4.35. The summed E-state index contributed by atoms with van der Waals surface area (Å²) in [6.45, 7) is 1.67. The Morgan fingerprint density at radius 3 is 2.64 bits per heavy atom. The van der Waals surface area contributed by atoms with E-state index in [-0.39, 0.29) is 11.9 Å². The first-order valence-corrected chi connectivity index (χ1v) is 12.0. The first-order chi connectivity index (χ1) is 16.1. The van der Waals surface area contributed by atoms with Crippen LogP contribution >= 0.6 is 23.4 Å². The zero-order valence-electron chi connectivity index (χ0n) is 17.9. The number of imide groups is 1. The quantitative estimate of drug-likeness (QED) is 0.470. The van der Waals surface area contributed by atoms with Crippen LogP contribution in [0.15, 0.2) is 59.8 Å². The number of amides is 3. The molecule has 1 aromatic heterocycles. The van der Waals surface area contributed by atoms with E-state index in [4.69, 9.17) is 16.3 Å². The molecule has 2 aromatic carbocycles. The molecule has 0 radical (unpaired) electrons. The third-order valence-corrected chi connectivity index (χ3v) is 6.33. The minimum absolute atomic E-state index is 0.0308. The zero-order chi connectivity index (χ0) is 23.0. The van der Waals surface area contributed by atoms with Gasteiger partial charge >= 0.3 is 6.03 Å². The number of ether oxygens (including phenoxy) is 1. The van der Waals surface area contributed by atoms with E-state index in [1.165, 1.54) is 11.8 Å². The van der Waals surface area contributed by atoms with E-state index in [0.29, 0.717) is 29.1 Å². The number of halogens is 1. The maximum atomic E-state index is 12.3. The average Bonchev–Trinajstić information content (AvgIpc) is 3.48. The number of aromatic nitrogens is 3. The van der Waals surface area contributed by atoms with Gasteiger partial charge in [-0.05, 0) is 42.7 Å². The molecule has 1 saturated heterocycles. The number of thioether (sulfide) groups is 1. The lowest BCUT2D eigenvalue weighted by Gasteiger charge is -2.14. The number of urea groups is 1. The lowest BCUT2D eigenvalue weighted by molar-refractivity contribution is -0.117. The molecular formula is C23H24ClN5O3S. The number of nitrogens with zero attached hydrogens (tertiary/aromatic N) is 3. The summed E-state index contributed by atoms with van der Waals surface area (Å²) >= 11 is 7.25. The highest BCUT2D eigenvalue weighted by atomic mass is 35.5. The number of rotatable bonds is 8. The van der Waals surface area contributed by atoms with E-state index >= 15 is 0 Å². The topological polar surface area (TPSA) is 98.1 Å². The first-order valence-electron chi connectivity index (χ1n) is 10.6. The molecule has 2 N–H and O–H groups in total. The van der Waals surface area contributed by atoms with E-state index in [0.717, 1.165) is 30.6 Å². The Morgan fingerprint density at radius 2 is 1.91 bits per heavy atom. The molecule has 3 aromatic rings. The smallest absolute Gasteiger partial charge is 0.321 e. The second-order valence-electron chi connectivity index (χ2n) is 7.56. The average molecular weight is 486 g/mol. The summed E-state index contributed by atoms with van der Waals surface area (Å²) in [7, 11) is 0. The highest BCUT2D eigenvalue weighted by molar-refractivity contribution is 7.99. The fourth-order valence-electron chi connectivity index (χ4n) is 3.48. The molecule has 10 heteroatoms. The van der Waals surface area contributed by atoms with Crippen LogP contribution in [0.25, 0.3) is 11.4 Å². The molecule has 0 saturated carbocycles. The van der Waals surface area contributed by atoms with Crippen molar-refractivity contribution in [2.75, 3.05) is 12.4 Å². The Hall–Kier alpha value is -2.88. The van der Waals surface area contributed by atoms with Crippen LogP contribution in [0, 0.1) is 0 Å². The molecule has 2 heterocycles. The van der Waals surface area contributed by atoms with E-state index < -0.39 is 11.9 Å². The lowest BCUT2D eigenvalue weighted by atomic mass is 10.2. The number of carbonyl (C=O) groups is 2. The van der Waals surface area contributed by atoms with Gasteiger partial charge in [0.15, 0.2) is 11.0 Å². The minimum atomic E-state index is -0.535. The van der Waals surface area contributed by atoms with Crippen LogP contribution in [0.4, 0.5) is 4.79 Å². The van der Waals surface area contributed by atoms with Gasteiger partial charge in [0.05, 0.1) is 18.4 Å². The highest BCUT2D eigenvalue weighted by Gasteiger charge is 2.22. The molecule has 33 heavy (non-hydrogen) atoms. The Balaban J connectivity index is 1.37. The second kappa shape index (κ2) is 11.3. The summed E-state index contributed by atoms with van der Waals surface area (Å²) in [6, 6.07) is 16.3. The van der Waals surface area contributed by atoms with Crippen LogP contribution < -0.4 is 10.6 Å². The number of nitrogens with one attached hydrogen (secondary N) is 2. The number of hydrogen-bond donors (Lipinski definition) is 2. The van der Waals surface area contributed by atoms with Crippen molar-refractivity contribution in [1.29, 1.82) is 0 Å². The molecule has 4 rings (SSSR count). The first kappa shape index (κ1) is 23.3. The lowest BCUT2D eigenvalue weighted by Crippen LogP contribution is -2.40. The van der Waals surface area contributed by atoms with E-state index in [2.05, 4.69) is 20.8 Å². The van der Waals surface area contributed by atoms with Crippen molar-refractivity contribution >= 4 is 35.3 Å². The molecule has 0 bridgehead atoms. The number of benzene rings is 2. The normalized spacial score (nSPS) is 15.4.